The zero-order chi connectivity index (χ0) is 14.8. The van der Waals surface area contributed by atoms with Crippen LogP contribution in [0.1, 0.15) is 12.5 Å². The molecule has 3 heteroatoms. The Labute approximate surface area is 125 Å². The first kappa shape index (κ1) is 13.4. The molecule has 0 bridgehead atoms. The van der Waals surface area contributed by atoms with E-state index in [-0.39, 0.29) is 0 Å². The van der Waals surface area contributed by atoms with E-state index in [0.717, 1.165) is 17.9 Å². The molecule has 21 heavy (non-hydrogen) atoms. The third kappa shape index (κ3) is 2.42. The number of pyridine rings is 1. The van der Waals surface area contributed by atoms with E-state index in [4.69, 9.17) is 5.73 Å². The fraction of sp³-hybridized carbons (Fsp3) is 0.167. The molecule has 0 radical (unpaired) electrons. The van der Waals surface area contributed by atoms with E-state index in [2.05, 4.69) is 59.3 Å². The first-order valence-electron chi connectivity index (χ1n) is 7.18. The van der Waals surface area contributed by atoms with Crippen LogP contribution >= 0.6 is 0 Å². The lowest BCUT2D eigenvalue weighted by atomic mass is 10.1. The van der Waals surface area contributed by atoms with Crippen molar-refractivity contribution in [2.24, 2.45) is 0 Å². The number of benzene rings is 2. The summed E-state index contributed by atoms with van der Waals surface area (Å²) in [7, 11) is 0. The second-order valence-corrected chi connectivity index (χ2v) is 5.15. The molecule has 0 aliphatic carbocycles. The van der Waals surface area contributed by atoms with Crippen LogP contribution in [0.25, 0.3) is 10.8 Å². The average Bonchev–Trinajstić information content (AvgIpc) is 2.50. The van der Waals surface area contributed by atoms with Crippen LogP contribution in [-0.2, 0) is 0 Å². The Bertz CT molecular complexity index is 775. The lowest BCUT2D eigenvalue weighted by Gasteiger charge is -2.25. The summed E-state index contributed by atoms with van der Waals surface area (Å²) in [5.74, 6) is 0.961. The van der Waals surface area contributed by atoms with E-state index >= 15 is 0 Å². The summed E-state index contributed by atoms with van der Waals surface area (Å²) in [5, 5.41) is 2.47. The minimum atomic E-state index is 0.699. The molecule has 0 fully saturated rings. The minimum absolute atomic E-state index is 0.699. The molecule has 1 aromatic heterocycles. The highest BCUT2D eigenvalue weighted by Gasteiger charge is 2.13. The summed E-state index contributed by atoms with van der Waals surface area (Å²) in [6.45, 7) is 5.04. The van der Waals surface area contributed by atoms with Gasteiger partial charge in [0.2, 0.25) is 0 Å². The van der Waals surface area contributed by atoms with E-state index in [9.17, 15) is 0 Å². The summed E-state index contributed by atoms with van der Waals surface area (Å²) in [5.41, 5.74) is 8.78. The fourth-order valence-corrected chi connectivity index (χ4v) is 2.75. The van der Waals surface area contributed by atoms with E-state index in [1.54, 1.807) is 6.20 Å². The van der Waals surface area contributed by atoms with E-state index < -0.39 is 0 Å². The van der Waals surface area contributed by atoms with Crippen molar-refractivity contribution in [3.63, 3.8) is 0 Å². The summed E-state index contributed by atoms with van der Waals surface area (Å²) in [6, 6.07) is 16.8. The summed E-state index contributed by atoms with van der Waals surface area (Å²) >= 11 is 0. The van der Waals surface area contributed by atoms with Gasteiger partial charge in [-0.25, -0.2) is 4.98 Å². The van der Waals surface area contributed by atoms with Crippen LogP contribution in [0, 0.1) is 6.92 Å². The number of nitrogens with zero attached hydrogens (tertiary/aromatic N) is 2. The van der Waals surface area contributed by atoms with Gasteiger partial charge in [0.25, 0.3) is 0 Å². The highest BCUT2D eigenvalue weighted by Crippen LogP contribution is 2.32. The van der Waals surface area contributed by atoms with Crippen LogP contribution in [0.2, 0.25) is 0 Å². The number of hydrogen-bond acceptors (Lipinski definition) is 3. The van der Waals surface area contributed by atoms with Gasteiger partial charge < -0.3 is 10.6 Å². The zero-order valence-corrected chi connectivity index (χ0v) is 12.4. The summed E-state index contributed by atoms with van der Waals surface area (Å²) < 4.78 is 0. The van der Waals surface area contributed by atoms with Crippen molar-refractivity contribution in [2.75, 3.05) is 17.2 Å². The quantitative estimate of drug-likeness (QED) is 0.776. The Morgan fingerprint density at radius 1 is 1.10 bits per heavy atom. The molecule has 3 nitrogen and oxygen atoms in total. The third-order valence-electron chi connectivity index (χ3n) is 3.70. The summed E-state index contributed by atoms with van der Waals surface area (Å²) in [4.78, 5) is 6.77. The van der Waals surface area contributed by atoms with Crippen molar-refractivity contribution in [1.82, 2.24) is 4.98 Å². The van der Waals surface area contributed by atoms with Gasteiger partial charge in [0.15, 0.2) is 0 Å². The van der Waals surface area contributed by atoms with Gasteiger partial charge in [0.05, 0.1) is 17.6 Å². The normalized spacial score (nSPS) is 10.8. The zero-order valence-electron chi connectivity index (χ0n) is 12.4. The van der Waals surface area contributed by atoms with E-state index in [0.29, 0.717) is 5.69 Å². The molecule has 106 valence electrons. The Balaban J connectivity index is 2.18. The number of aromatic nitrogens is 1. The largest absolute Gasteiger partial charge is 0.397 e. The average molecular weight is 277 g/mol. The minimum Gasteiger partial charge on any atom is -0.397 e. The Hall–Kier alpha value is -2.55. The van der Waals surface area contributed by atoms with Crippen LogP contribution < -0.4 is 10.6 Å². The molecule has 2 aromatic carbocycles. The Morgan fingerprint density at radius 2 is 1.86 bits per heavy atom. The Morgan fingerprint density at radius 3 is 2.62 bits per heavy atom. The summed E-state index contributed by atoms with van der Waals surface area (Å²) in [6.07, 6.45) is 1.72. The third-order valence-corrected chi connectivity index (χ3v) is 3.70. The fourth-order valence-electron chi connectivity index (χ4n) is 2.75. The predicted octanol–water partition coefficient (Wildman–Crippen LogP) is 4.28. The molecule has 0 spiro atoms. The van der Waals surface area contributed by atoms with Gasteiger partial charge in [-0.1, -0.05) is 36.4 Å². The van der Waals surface area contributed by atoms with Crippen LogP contribution in [-0.4, -0.2) is 11.5 Å². The maximum Gasteiger partial charge on any atom is 0.136 e. The number of anilines is 3. The van der Waals surface area contributed by atoms with Crippen LogP contribution in [0.15, 0.2) is 54.7 Å². The van der Waals surface area contributed by atoms with E-state index in [1.165, 1.54) is 16.5 Å². The molecule has 3 aromatic rings. The smallest absolute Gasteiger partial charge is 0.136 e. The molecule has 0 aliphatic rings. The van der Waals surface area contributed by atoms with Gasteiger partial charge in [-0.15, -0.1) is 0 Å². The van der Waals surface area contributed by atoms with Crippen LogP contribution in [0.5, 0.6) is 0 Å². The molecule has 0 amide bonds. The predicted molar refractivity (Wildman–Crippen MR) is 90.0 cm³/mol. The van der Waals surface area contributed by atoms with Crippen molar-refractivity contribution in [3.05, 3.63) is 60.3 Å². The standard InChI is InChI=1S/C18H19N3/c1-3-21(18-13(2)11-15(19)12-20-18)17-10-6-8-14-7-4-5-9-16(14)17/h4-12H,3,19H2,1-2H3. The molecule has 0 aliphatic heterocycles. The molecule has 3 rings (SSSR count). The van der Waals surface area contributed by atoms with Gasteiger partial charge in [-0.2, -0.15) is 0 Å². The monoisotopic (exact) mass is 277 g/mol. The van der Waals surface area contributed by atoms with Crippen molar-refractivity contribution < 1.29 is 0 Å². The van der Waals surface area contributed by atoms with Crippen LogP contribution in [0.4, 0.5) is 17.2 Å². The number of nitrogen functional groups attached to an aromatic ring is 1. The maximum atomic E-state index is 5.82. The highest BCUT2D eigenvalue weighted by atomic mass is 15.2. The maximum absolute atomic E-state index is 5.82. The molecule has 2 N–H and O–H groups in total. The molecular weight excluding hydrogens is 258 g/mol. The van der Waals surface area contributed by atoms with Crippen LogP contribution in [0.3, 0.4) is 0 Å². The first-order chi connectivity index (χ1) is 10.2. The number of nitrogens with two attached hydrogens (primary N) is 1. The van der Waals surface area contributed by atoms with Gasteiger partial charge in [-0.05, 0) is 36.9 Å². The Kier molecular flexibility index (Phi) is 3.48. The molecule has 0 saturated heterocycles. The topological polar surface area (TPSA) is 42.2 Å². The van der Waals surface area contributed by atoms with Crippen molar-refractivity contribution >= 4 is 28.0 Å². The molecule has 0 atom stereocenters. The first-order valence-corrected chi connectivity index (χ1v) is 7.18. The lowest BCUT2D eigenvalue weighted by Crippen LogP contribution is -2.19. The van der Waals surface area contributed by atoms with Gasteiger partial charge >= 0.3 is 0 Å². The molecular formula is C18H19N3. The molecule has 0 unspecified atom stereocenters. The lowest BCUT2D eigenvalue weighted by molar-refractivity contribution is 0.985. The second-order valence-electron chi connectivity index (χ2n) is 5.15. The number of fused-ring (bicyclic) bond motifs is 1. The van der Waals surface area contributed by atoms with Gasteiger partial charge in [0.1, 0.15) is 5.82 Å². The second kappa shape index (κ2) is 5.44. The van der Waals surface area contributed by atoms with Crippen molar-refractivity contribution in [3.8, 4) is 0 Å². The highest BCUT2D eigenvalue weighted by molar-refractivity contribution is 5.96. The number of aryl methyl sites for hydroxylation is 1. The van der Waals surface area contributed by atoms with Crippen molar-refractivity contribution in [1.29, 1.82) is 0 Å². The SMILES string of the molecule is CCN(c1ncc(N)cc1C)c1cccc2ccccc12. The van der Waals surface area contributed by atoms with E-state index in [1.807, 2.05) is 13.0 Å². The number of rotatable bonds is 3. The van der Waals surface area contributed by atoms with Gasteiger partial charge in [-0.3, -0.25) is 0 Å². The van der Waals surface area contributed by atoms with Crippen molar-refractivity contribution in [2.45, 2.75) is 13.8 Å². The molecule has 1 heterocycles. The number of hydrogen-bond donors (Lipinski definition) is 1. The molecule has 0 saturated carbocycles. The van der Waals surface area contributed by atoms with Gasteiger partial charge in [0, 0.05) is 11.9 Å².